The van der Waals surface area contributed by atoms with Gasteiger partial charge in [0, 0.05) is 24.5 Å². The van der Waals surface area contributed by atoms with Crippen molar-refractivity contribution >= 4 is 16.7 Å². The normalized spacial score (nSPS) is 15.7. The highest BCUT2D eigenvalue weighted by atomic mass is 16.3. The molecular formula is C17H23N3O. The highest BCUT2D eigenvalue weighted by Crippen LogP contribution is 2.29. The fourth-order valence-electron chi connectivity index (χ4n) is 3.36. The van der Waals surface area contributed by atoms with Crippen LogP contribution >= 0.6 is 0 Å². The lowest BCUT2D eigenvalue weighted by molar-refractivity contribution is 0.297. The van der Waals surface area contributed by atoms with E-state index in [0.717, 1.165) is 22.3 Å². The van der Waals surface area contributed by atoms with Crippen LogP contribution in [0.2, 0.25) is 0 Å². The smallest absolute Gasteiger partial charge is 0.129 e. The van der Waals surface area contributed by atoms with Crippen LogP contribution in [0, 0.1) is 0 Å². The van der Waals surface area contributed by atoms with Crippen molar-refractivity contribution in [3.05, 3.63) is 35.9 Å². The number of aliphatic hydroxyl groups is 1. The van der Waals surface area contributed by atoms with E-state index in [4.69, 9.17) is 10.7 Å². The molecule has 21 heavy (non-hydrogen) atoms. The molecule has 0 aliphatic heterocycles. The van der Waals surface area contributed by atoms with Crippen molar-refractivity contribution in [1.82, 2.24) is 4.98 Å². The monoisotopic (exact) mass is 285 g/mol. The maximum Gasteiger partial charge on any atom is 0.129 e. The number of benzene rings is 1. The molecule has 1 aromatic carbocycles. The number of nitrogens with zero attached hydrogens (tertiary/aromatic N) is 2. The van der Waals surface area contributed by atoms with Gasteiger partial charge in [0.15, 0.2) is 0 Å². The van der Waals surface area contributed by atoms with Gasteiger partial charge < -0.3 is 15.7 Å². The molecule has 0 unspecified atom stereocenters. The maximum absolute atomic E-state index is 9.40. The minimum absolute atomic E-state index is 0.156. The van der Waals surface area contributed by atoms with E-state index in [2.05, 4.69) is 17.0 Å². The number of hydrogen-bond donors (Lipinski definition) is 2. The Balaban J connectivity index is 2.04. The van der Waals surface area contributed by atoms with Crippen LogP contribution in [0.3, 0.4) is 0 Å². The molecule has 0 amide bonds. The molecule has 1 heterocycles. The minimum Gasteiger partial charge on any atom is -0.395 e. The quantitative estimate of drug-likeness (QED) is 0.885. The Morgan fingerprint density at radius 1 is 1.24 bits per heavy atom. The van der Waals surface area contributed by atoms with E-state index in [1.807, 2.05) is 18.2 Å². The highest BCUT2D eigenvalue weighted by Gasteiger charge is 2.24. The Kier molecular flexibility index (Phi) is 4.36. The van der Waals surface area contributed by atoms with Crippen LogP contribution in [0.4, 0.5) is 5.82 Å². The first-order valence-electron chi connectivity index (χ1n) is 7.79. The van der Waals surface area contributed by atoms with E-state index in [9.17, 15) is 5.11 Å². The lowest BCUT2D eigenvalue weighted by Crippen LogP contribution is -2.36. The van der Waals surface area contributed by atoms with E-state index < -0.39 is 0 Å². The number of hydrogen-bond acceptors (Lipinski definition) is 4. The van der Waals surface area contributed by atoms with E-state index in [1.165, 1.54) is 25.7 Å². The average molecular weight is 285 g/mol. The third-order valence-electron chi connectivity index (χ3n) is 4.41. The van der Waals surface area contributed by atoms with Crippen molar-refractivity contribution < 1.29 is 5.11 Å². The Bertz CT molecular complexity index is 608. The van der Waals surface area contributed by atoms with Crippen LogP contribution in [0.1, 0.15) is 31.2 Å². The molecule has 0 spiro atoms. The summed E-state index contributed by atoms with van der Waals surface area (Å²) in [5.74, 6) is 0.954. The van der Waals surface area contributed by atoms with Crippen LogP contribution in [-0.2, 0) is 6.54 Å². The Morgan fingerprint density at radius 2 is 2.00 bits per heavy atom. The number of fused-ring (bicyclic) bond motifs is 1. The number of rotatable bonds is 5. The number of aliphatic hydroxyl groups excluding tert-OH is 1. The average Bonchev–Trinajstić information content (AvgIpc) is 3.05. The molecule has 1 aromatic heterocycles. The highest BCUT2D eigenvalue weighted by molar-refractivity contribution is 5.84. The molecule has 4 nitrogen and oxygen atoms in total. The summed E-state index contributed by atoms with van der Waals surface area (Å²) < 4.78 is 0. The first-order valence-corrected chi connectivity index (χ1v) is 7.79. The van der Waals surface area contributed by atoms with Gasteiger partial charge >= 0.3 is 0 Å². The van der Waals surface area contributed by atoms with Crippen LogP contribution in [0.5, 0.6) is 0 Å². The van der Waals surface area contributed by atoms with Gasteiger partial charge in [-0.2, -0.15) is 0 Å². The fraction of sp³-hybridized carbons (Fsp3) is 0.471. The molecule has 0 atom stereocenters. The fourth-order valence-corrected chi connectivity index (χ4v) is 3.36. The minimum atomic E-state index is 0.156. The van der Waals surface area contributed by atoms with E-state index in [-0.39, 0.29) is 6.61 Å². The Labute approximate surface area is 125 Å². The molecule has 4 heteroatoms. The number of aromatic nitrogens is 1. The summed E-state index contributed by atoms with van der Waals surface area (Å²) in [5, 5.41) is 10.5. The first-order chi connectivity index (χ1) is 10.3. The zero-order valence-electron chi connectivity index (χ0n) is 12.3. The number of anilines is 1. The topological polar surface area (TPSA) is 62.4 Å². The van der Waals surface area contributed by atoms with Gasteiger partial charge in [0.1, 0.15) is 5.82 Å². The SMILES string of the molecule is NCc1cc(N(CCO)C2CCCC2)nc2ccccc12. The summed E-state index contributed by atoms with van der Waals surface area (Å²) >= 11 is 0. The summed E-state index contributed by atoms with van der Waals surface area (Å²) in [6.45, 7) is 1.30. The van der Waals surface area contributed by atoms with Gasteiger partial charge in [-0.1, -0.05) is 31.0 Å². The molecule has 0 saturated heterocycles. The first kappa shape index (κ1) is 14.3. The van der Waals surface area contributed by atoms with Gasteiger partial charge in [-0.25, -0.2) is 4.98 Å². The van der Waals surface area contributed by atoms with Crippen molar-refractivity contribution in [2.24, 2.45) is 5.73 Å². The van der Waals surface area contributed by atoms with Crippen LogP contribution < -0.4 is 10.6 Å². The molecule has 2 aromatic rings. The molecule has 112 valence electrons. The molecule has 1 aliphatic carbocycles. The molecule has 1 fully saturated rings. The zero-order valence-corrected chi connectivity index (χ0v) is 12.3. The largest absolute Gasteiger partial charge is 0.395 e. The van der Waals surface area contributed by atoms with Crippen LogP contribution in [0.25, 0.3) is 10.9 Å². The van der Waals surface area contributed by atoms with Gasteiger partial charge in [-0.3, -0.25) is 0 Å². The number of para-hydroxylation sites is 1. The molecule has 1 saturated carbocycles. The zero-order chi connectivity index (χ0) is 14.7. The van der Waals surface area contributed by atoms with Crippen LogP contribution in [0.15, 0.2) is 30.3 Å². The summed E-state index contributed by atoms with van der Waals surface area (Å²) in [7, 11) is 0. The second-order valence-corrected chi connectivity index (χ2v) is 5.72. The predicted molar refractivity (Wildman–Crippen MR) is 86.3 cm³/mol. The summed E-state index contributed by atoms with van der Waals surface area (Å²) in [6, 6.07) is 10.7. The van der Waals surface area contributed by atoms with Gasteiger partial charge in [0.25, 0.3) is 0 Å². The van der Waals surface area contributed by atoms with Crippen molar-refractivity contribution in [3.63, 3.8) is 0 Å². The lowest BCUT2D eigenvalue weighted by atomic mass is 10.1. The third-order valence-corrected chi connectivity index (χ3v) is 4.41. The predicted octanol–water partition coefficient (Wildman–Crippen LogP) is 2.43. The van der Waals surface area contributed by atoms with Gasteiger partial charge in [0.05, 0.1) is 12.1 Å². The molecule has 3 N–H and O–H groups in total. The standard InChI is InChI=1S/C17H23N3O/c18-12-13-11-17(19-16-8-4-3-7-15(13)16)20(9-10-21)14-5-1-2-6-14/h3-4,7-8,11,14,21H,1-2,5-6,9-10,12,18H2. The van der Waals surface area contributed by atoms with Gasteiger partial charge in [-0.05, 0) is 30.5 Å². The van der Waals surface area contributed by atoms with Crippen molar-refractivity contribution in [1.29, 1.82) is 0 Å². The Morgan fingerprint density at radius 3 is 2.71 bits per heavy atom. The van der Waals surface area contributed by atoms with Crippen molar-refractivity contribution in [2.75, 3.05) is 18.1 Å². The van der Waals surface area contributed by atoms with Crippen molar-refractivity contribution in [2.45, 2.75) is 38.3 Å². The summed E-state index contributed by atoms with van der Waals surface area (Å²) in [4.78, 5) is 7.07. The molecule has 1 aliphatic rings. The number of nitrogens with two attached hydrogens (primary N) is 1. The van der Waals surface area contributed by atoms with Gasteiger partial charge in [-0.15, -0.1) is 0 Å². The van der Waals surface area contributed by atoms with E-state index in [1.54, 1.807) is 0 Å². The van der Waals surface area contributed by atoms with E-state index in [0.29, 0.717) is 19.1 Å². The maximum atomic E-state index is 9.40. The molecular weight excluding hydrogens is 262 g/mol. The van der Waals surface area contributed by atoms with Crippen LogP contribution in [-0.4, -0.2) is 29.3 Å². The summed E-state index contributed by atoms with van der Waals surface area (Å²) in [5.41, 5.74) is 8.02. The lowest BCUT2D eigenvalue weighted by Gasteiger charge is -2.30. The van der Waals surface area contributed by atoms with E-state index >= 15 is 0 Å². The molecule has 0 bridgehead atoms. The second kappa shape index (κ2) is 6.41. The Hall–Kier alpha value is -1.65. The van der Waals surface area contributed by atoms with Gasteiger partial charge in [0.2, 0.25) is 0 Å². The summed E-state index contributed by atoms with van der Waals surface area (Å²) in [6.07, 6.45) is 4.91. The molecule has 3 rings (SSSR count). The molecule has 0 radical (unpaired) electrons. The third kappa shape index (κ3) is 2.87. The second-order valence-electron chi connectivity index (χ2n) is 5.72. The number of pyridine rings is 1. The van der Waals surface area contributed by atoms with Crippen molar-refractivity contribution in [3.8, 4) is 0 Å².